The molecule has 0 bridgehead atoms. The molecule has 0 atom stereocenters. The molecule has 0 fully saturated rings. The van der Waals surface area contributed by atoms with E-state index in [-0.39, 0.29) is 13.2 Å². The van der Waals surface area contributed by atoms with Crippen LogP contribution >= 0.6 is 11.3 Å². The summed E-state index contributed by atoms with van der Waals surface area (Å²) >= 11 is 1.09. The van der Waals surface area contributed by atoms with E-state index in [1.807, 2.05) is 60.7 Å². The van der Waals surface area contributed by atoms with Crippen LogP contribution in [0, 0.1) is 0 Å². The second-order valence-electron chi connectivity index (χ2n) is 6.61. The van der Waals surface area contributed by atoms with E-state index in [0.29, 0.717) is 15.1 Å². The van der Waals surface area contributed by atoms with E-state index in [4.69, 9.17) is 4.74 Å². The fourth-order valence-corrected chi connectivity index (χ4v) is 4.08. The number of aryl methyl sites for hydroxylation is 1. The minimum Gasteiger partial charge on any atom is -0.457 e. The molecule has 0 spiro atoms. The smallest absolute Gasteiger partial charge is 0.348 e. The summed E-state index contributed by atoms with van der Waals surface area (Å²) < 4.78 is 7.94. The number of hydrogen-bond acceptors (Lipinski definition) is 5. The highest BCUT2D eigenvalue weighted by atomic mass is 32.1. The van der Waals surface area contributed by atoms with Crippen molar-refractivity contribution in [1.82, 2.24) is 9.13 Å². The van der Waals surface area contributed by atoms with Crippen molar-refractivity contribution in [2.24, 2.45) is 7.05 Å². The van der Waals surface area contributed by atoms with Gasteiger partial charge in [0.1, 0.15) is 16.3 Å². The van der Waals surface area contributed by atoms with Gasteiger partial charge in [-0.1, -0.05) is 60.7 Å². The van der Waals surface area contributed by atoms with Crippen LogP contribution in [-0.4, -0.2) is 15.1 Å². The second kappa shape index (κ2) is 7.89. The molecule has 0 saturated carbocycles. The summed E-state index contributed by atoms with van der Waals surface area (Å²) in [4.78, 5) is 38.8. The number of ether oxygens (including phenoxy) is 1. The standard InChI is InChI=1S/C22H18N2O4S/c1-23-20-17(19(25)24(22(23)27)13-15-8-4-2-5-9-15)12-18(29-20)21(26)28-14-16-10-6-3-7-11-16/h2-12H,13-14H2,1H3. The Bertz CT molecular complexity index is 1290. The summed E-state index contributed by atoms with van der Waals surface area (Å²) in [5.41, 5.74) is 0.895. The molecular weight excluding hydrogens is 388 g/mol. The zero-order chi connectivity index (χ0) is 20.4. The summed E-state index contributed by atoms with van der Waals surface area (Å²) in [6, 6.07) is 20.2. The van der Waals surface area contributed by atoms with Crippen LogP contribution in [0.2, 0.25) is 0 Å². The fraction of sp³-hybridized carbons (Fsp3) is 0.136. The summed E-state index contributed by atoms with van der Waals surface area (Å²) in [6.07, 6.45) is 0. The van der Waals surface area contributed by atoms with Crippen LogP contribution in [0.3, 0.4) is 0 Å². The summed E-state index contributed by atoms with van der Waals surface area (Å²) in [5, 5.41) is 0.333. The molecule has 2 heterocycles. The lowest BCUT2D eigenvalue weighted by molar-refractivity contribution is 0.0478. The zero-order valence-corrected chi connectivity index (χ0v) is 16.5. The lowest BCUT2D eigenvalue weighted by atomic mass is 10.2. The number of aromatic nitrogens is 2. The first-order valence-corrected chi connectivity index (χ1v) is 9.84. The molecule has 4 aromatic rings. The van der Waals surface area contributed by atoms with Crippen LogP contribution in [-0.2, 0) is 24.9 Å². The number of fused-ring (bicyclic) bond motifs is 1. The quantitative estimate of drug-likeness (QED) is 0.478. The van der Waals surface area contributed by atoms with E-state index in [9.17, 15) is 14.4 Å². The van der Waals surface area contributed by atoms with Gasteiger partial charge in [0.15, 0.2) is 0 Å². The molecule has 0 aliphatic rings. The van der Waals surface area contributed by atoms with Crippen molar-refractivity contribution in [3.05, 3.63) is 104 Å². The monoisotopic (exact) mass is 406 g/mol. The lowest BCUT2D eigenvalue weighted by Crippen LogP contribution is -2.38. The van der Waals surface area contributed by atoms with Crippen molar-refractivity contribution < 1.29 is 9.53 Å². The minimum atomic E-state index is -0.517. The van der Waals surface area contributed by atoms with Crippen LogP contribution < -0.4 is 11.2 Å². The number of benzene rings is 2. The predicted molar refractivity (Wildman–Crippen MR) is 112 cm³/mol. The molecule has 0 N–H and O–H groups in total. The van der Waals surface area contributed by atoms with Gasteiger partial charge in [0.25, 0.3) is 5.56 Å². The molecule has 0 unspecified atom stereocenters. The van der Waals surface area contributed by atoms with E-state index in [1.54, 1.807) is 7.05 Å². The molecule has 4 rings (SSSR count). The van der Waals surface area contributed by atoms with Crippen molar-refractivity contribution in [3.8, 4) is 0 Å². The highest BCUT2D eigenvalue weighted by Gasteiger charge is 2.18. The molecule has 2 aromatic heterocycles. The normalized spacial score (nSPS) is 10.9. The first kappa shape index (κ1) is 18.9. The van der Waals surface area contributed by atoms with Crippen molar-refractivity contribution >= 4 is 27.5 Å². The molecule has 7 heteroatoms. The summed E-state index contributed by atoms with van der Waals surface area (Å²) in [7, 11) is 1.60. The lowest BCUT2D eigenvalue weighted by Gasteiger charge is -2.08. The third kappa shape index (κ3) is 3.77. The van der Waals surface area contributed by atoms with Crippen molar-refractivity contribution in [1.29, 1.82) is 0 Å². The highest BCUT2D eigenvalue weighted by molar-refractivity contribution is 7.20. The molecule has 0 amide bonds. The number of esters is 1. The van der Waals surface area contributed by atoms with Crippen LogP contribution in [0.4, 0.5) is 0 Å². The van der Waals surface area contributed by atoms with Gasteiger partial charge in [-0.3, -0.25) is 13.9 Å². The summed E-state index contributed by atoms with van der Waals surface area (Å²) in [5.74, 6) is -0.517. The van der Waals surface area contributed by atoms with Crippen LogP contribution in [0.25, 0.3) is 10.2 Å². The first-order valence-electron chi connectivity index (χ1n) is 9.03. The number of rotatable bonds is 5. The molecule has 0 radical (unpaired) electrons. The molecule has 0 aliphatic heterocycles. The Morgan fingerprint density at radius 3 is 2.24 bits per heavy atom. The average molecular weight is 406 g/mol. The van der Waals surface area contributed by atoms with Crippen molar-refractivity contribution in [3.63, 3.8) is 0 Å². The van der Waals surface area contributed by atoms with Crippen molar-refractivity contribution in [2.75, 3.05) is 0 Å². The van der Waals surface area contributed by atoms with E-state index in [0.717, 1.165) is 22.5 Å². The van der Waals surface area contributed by atoms with Gasteiger partial charge in [0.05, 0.1) is 11.9 Å². The Balaban J connectivity index is 1.67. The van der Waals surface area contributed by atoms with Gasteiger partial charge in [-0.25, -0.2) is 9.59 Å². The molecular formula is C22H18N2O4S. The Morgan fingerprint density at radius 1 is 0.966 bits per heavy atom. The third-order valence-electron chi connectivity index (χ3n) is 4.61. The SMILES string of the molecule is Cn1c(=O)n(Cc2ccccc2)c(=O)c2cc(C(=O)OCc3ccccc3)sc21. The molecule has 0 saturated heterocycles. The van der Waals surface area contributed by atoms with E-state index < -0.39 is 17.2 Å². The van der Waals surface area contributed by atoms with Gasteiger partial charge in [-0.05, 0) is 17.2 Å². The van der Waals surface area contributed by atoms with Crippen molar-refractivity contribution in [2.45, 2.75) is 13.2 Å². The molecule has 6 nitrogen and oxygen atoms in total. The van der Waals surface area contributed by atoms with Gasteiger partial charge in [0.2, 0.25) is 0 Å². The Kier molecular flexibility index (Phi) is 5.14. The van der Waals surface area contributed by atoms with E-state index in [1.165, 1.54) is 15.2 Å². The Morgan fingerprint density at radius 2 is 1.59 bits per heavy atom. The highest BCUT2D eigenvalue weighted by Crippen LogP contribution is 2.23. The topological polar surface area (TPSA) is 70.3 Å². The number of thiophene rings is 1. The third-order valence-corrected chi connectivity index (χ3v) is 5.80. The predicted octanol–water partition coefficient (Wildman–Crippen LogP) is 3.17. The van der Waals surface area contributed by atoms with E-state index >= 15 is 0 Å². The number of carbonyl (C=O) groups is 1. The van der Waals surface area contributed by atoms with Gasteiger partial charge >= 0.3 is 11.7 Å². The van der Waals surface area contributed by atoms with Gasteiger partial charge < -0.3 is 4.74 Å². The maximum Gasteiger partial charge on any atom is 0.348 e. The largest absolute Gasteiger partial charge is 0.457 e. The number of nitrogens with zero attached hydrogens (tertiary/aromatic N) is 2. The van der Waals surface area contributed by atoms with Crippen LogP contribution in [0.15, 0.2) is 76.3 Å². The van der Waals surface area contributed by atoms with Crippen LogP contribution in [0.5, 0.6) is 0 Å². The Hall–Kier alpha value is -3.45. The molecule has 0 aliphatic carbocycles. The molecule has 29 heavy (non-hydrogen) atoms. The maximum atomic E-state index is 12.9. The summed E-state index contributed by atoms with van der Waals surface area (Å²) in [6.45, 7) is 0.316. The van der Waals surface area contributed by atoms with Gasteiger partial charge in [-0.2, -0.15) is 0 Å². The second-order valence-corrected chi connectivity index (χ2v) is 7.64. The fourth-order valence-electron chi connectivity index (χ4n) is 3.08. The minimum absolute atomic E-state index is 0.144. The maximum absolute atomic E-state index is 12.9. The van der Waals surface area contributed by atoms with Crippen LogP contribution in [0.1, 0.15) is 20.8 Å². The Labute approximate surface area is 170 Å². The molecule has 146 valence electrons. The van der Waals surface area contributed by atoms with Gasteiger partial charge in [0, 0.05) is 7.05 Å². The average Bonchev–Trinajstić information content (AvgIpc) is 3.21. The zero-order valence-electron chi connectivity index (χ0n) is 15.7. The molecule has 2 aromatic carbocycles. The van der Waals surface area contributed by atoms with Gasteiger partial charge in [-0.15, -0.1) is 11.3 Å². The van der Waals surface area contributed by atoms with E-state index in [2.05, 4.69) is 0 Å². The first-order chi connectivity index (χ1) is 14.0. The number of hydrogen-bond donors (Lipinski definition) is 0. The number of carbonyl (C=O) groups excluding carboxylic acids is 1.